The van der Waals surface area contributed by atoms with Gasteiger partial charge in [-0.1, -0.05) is 12.1 Å². The quantitative estimate of drug-likeness (QED) is 0.550. The van der Waals surface area contributed by atoms with E-state index in [9.17, 15) is 4.79 Å². The molecule has 0 saturated carbocycles. The van der Waals surface area contributed by atoms with Gasteiger partial charge in [-0.3, -0.25) is 4.79 Å². The van der Waals surface area contributed by atoms with E-state index in [0.717, 1.165) is 22.4 Å². The first-order valence-corrected chi connectivity index (χ1v) is 7.98. The molecule has 0 aliphatic rings. The molecule has 2 N–H and O–H groups in total. The lowest BCUT2D eigenvalue weighted by molar-refractivity contribution is 0.104. The van der Waals surface area contributed by atoms with Crippen molar-refractivity contribution in [2.45, 2.75) is 6.92 Å². The number of nitrogens with zero attached hydrogens (tertiary/aromatic N) is 2. The predicted octanol–water partition coefficient (Wildman–Crippen LogP) is 4.24. The third-order valence-corrected chi connectivity index (χ3v) is 4.03. The van der Waals surface area contributed by atoms with Gasteiger partial charge in [-0.15, -0.1) is 0 Å². The summed E-state index contributed by atoms with van der Waals surface area (Å²) < 4.78 is 0. The molecule has 5 heteroatoms. The molecule has 122 valence electrons. The van der Waals surface area contributed by atoms with Crippen LogP contribution in [-0.2, 0) is 0 Å². The average Bonchev–Trinajstić information content (AvgIpc) is 3.10. The van der Waals surface area contributed by atoms with E-state index < -0.39 is 0 Å². The Kier molecular flexibility index (Phi) is 3.74. The first-order valence-electron chi connectivity index (χ1n) is 7.98. The van der Waals surface area contributed by atoms with Crippen LogP contribution in [-0.4, -0.2) is 20.7 Å². The van der Waals surface area contributed by atoms with E-state index in [2.05, 4.69) is 20.3 Å². The van der Waals surface area contributed by atoms with Gasteiger partial charge in [-0.05, 0) is 49.4 Å². The van der Waals surface area contributed by atoms with Gasteiger partial charge in [0.25, 0.3) is 0 Å². The highest BCUT2D eigenvalue weighted by molar-refractivity contribution is 6.15. The molecule has 0 atom stereocenters. The zero-order valence-electron chi connectivity index (χ0n) is 13.7. The second kappa shape index (κ2) is 6.20. The number of nitrogens with one attached hydrogen (secondary N) is 2. The number of aryl methyl sites for hydroxylation is 1. The Bertz CT molecular complexity index is 1050. The molecule has 25 heavy (non-hydrogen) atoms. The van der Waals surface area contributed by atoms with Crippen LogP contribution in [0.3, 0.4) is 0 Å². The van der Waals surface area contributed by atoms with E-state index in [-0.39, 0.29) is 5.78 Å². The standard InChI is InChI=1S/C20H16N4O/c1-13-21-12-10-18(23-13)24-16-7-5-15(6-8-16)20(25)17-4-2-3-14-9-11-22-19(14)17/h2-12,22H,1H3,(H,21,23,24). The zero-order valence-corrected chi connectivity index (χ0v) is 13.7. The molecule has 0 radical (unpaired) electrons. The Labute approximate surface area is 144 Å². The van der Waals surface area contributed by atoms with Crippen molar-refractivity contribution in [3.05, 3.63) is 83.9 Å². The van der Waals surface area contributed by atoms with Gasteiger partial charge in [0.2, 0.25) is 0 Å². The van der Waals surface area contributed by atoms with Gasteiger partial charge in [0.15, 0.2) is 5.78 Å². The van der Waals surface area contributed by atoms with Gasteiger partial charge in [0.05, 0.1) is 5.52 Å². The van der Waals surface area contributed by atoms with Crippen molar-refractivity contribution in [1.82, 2.24) is 15.0 Å². The summed E-state index contributed by atoms with van der Waals surface area (Å²) in [6.07, 6.45) is 3.55. The number of anilines is 2. The van der Waals surface area contributed by atoms with Crippen LogP contribution in [0, 0.1) is 6.92 Å². The minimum absolute atomic E-state index is 0.00233. The van der Waals surface area contributed by atoms with E-state index in [1.165, 1.54) is 0 Å². The van der Waals surface area contributed by atoms with E-state index >= 15 is 0 Å². The van der Waals surface area contributed by atoms with Gasteiger partial charge in [0, 0.05) is 34.6 Å². The Morgan fingerprint density at radius 3 is 2.68 bits per heavy atom. The van der Waals surface area contributed by atoms with Crippen LogP contribution >= 0.6 is 0 Å². The van der Waals surface area contributed by atoms with Crippen molar-refractivity contribution in [2.24, 2.45) is 0 Å². The van der Waals surface area contributed by atoms with Crippen molar-refractivity contribution in [3.63, 3.8) is 0 Å². The summed E-state index contributed by atoms with van der Waals surface area (Å²) in [5, 5.41) is 4.24. The van der Waals surface area contributed by atoms with Crippen LogP contribution in [0.2, 0.25) is 0 Å². The number of benzene rings is 2. The molecule has 0 aliphatic heterocycles. The molecule has 2 heterocycles. The molecule has 0 bridgehead atoms. The third kappa shape index (κ3) is 2.99. The Hall–Kier alpha value is -3.47. The van der Waals surface area contributed by atoms with Gasteiger partial charge in [-0.25, -0.2) is 9.97 Å². The SMILES string of the molecule is Cc1nccc(Nc2ccc(C(=O)c3cccc4cc[nH]c34)cc2)n1. The fourth-order valence-corrected chi connectivity index (χ4v) is 2.81. The molecule has 4 rings (SSSR count). The Balaban J connectivity index is 1.59. The number of hydrogen-bond acceptors (Lipinski definition) is 4. The highest BCUT2D eigenvalue weighted by atomic mass is 16.1. The molecule has 0 fully saturated rings. The summed E-state index contributed by atoms with van der Waals surface area (Å²) in [6, 6.07) is 16.9. The lowest BCUT2D eigenvalue weighted by Gasteiger charge is -2.07. The summed E-state index contributed by atoms with van der Waals surface area (Å²) in [4.78, 5) is 24.3. The number of hydrogen-bond donors (Lipinski definition) is 2. The average molecular weight is 328 g/mol. The smallest absolute Gasteiger partial charge is 0.195 e. The van der Waals surface area contributed by atoms with Crippen molar-refractivity contribution >= 4 is 28.2 Å². The maximum absolute atomic E-state index is 12.8. The number of rotatable bonds is 4. The number of aromatic nitrogens is 3. The maximum Gasteiger partial charge on any atom is 0.195 e. The fraction of sp³-hybridized carbons (Fsp3) is 0.0500. The lowest BCUT2D eigenvalue weighted by atomic mass is 10.0. The van der Waals surface area contributed by atoms with E-state index in [1.807, 2.05) is 61.7 Å². The maximum atomic E-state index is 12.8. The van der Waals surface area contributed by atoms with Crippen LogP contribution in [0.25, 0.3) is 10.9 Å². The molecular formula is C20H16N4O. The second-order valence-corrected chi connectivity index (χ2v) is 5.77. The van der Waals surface area contributed by atoms with E-state index in [0.29, 0.717) is 17.0 Å². The molecule has 0 amide bonds. The van der Waals surface area contributed by atoms with Crippen LogP contribution in [0.15, 0.2) is 67.0 Å². The highest BCUT2D eigenvalue weighted by Crippen LogP contribution is 2.22. The number of carbonyl (C=O) groups is 1. The van der Waals surface area contributed by atoms with E-state index in [4.69, 9.17) is 0 Å². The number of fused-ring (bicyclic) bond motifs is 1. The largest absolute Gasteiger partial charge is 0.361 e. The molecule has 4 aromatic rings. The molecule has 5 nitrogen and oxygen atoms in total. The predicted molar refractivity (Wildman–Crippen MR) is 98.2 cm³/mol. The first kappa shape index (κ1) is 15.1. The van der Waals surface area contributed by atoms with Gasteiger partial charge >= 0.3 is 0 Å². The lowest BCUT2D eigenvalue weighted by Crippen LogP contribution is -2.02. The molecule has 0 saturated heterocycles. The summed E-state index contributed by atoms with van der Waals surface area (Å²) in [6.45, 7) is 1.84. The minimum Gasteiger partial charge on any atom is -0.361 e. The molecule has 0 unspecified atom stereocenters. The fourth-order valence-electron chi connectivity index (χ4n) is 2.81. The third-order valence-electron chi connectivity index (χ3n) is 4.03. The van der Waals surface area contributed by atoms with Crippen LogP contribution in [0.4, 0.5) is 11.5 Å². The van der Waals surface area contributed by atoms with Gasteiger partial charge in [0.1, 0.15) is 11.6 Å². The van der Waals surface area contributed by atoms with Gasteiger partial charge < -0.3 is 10.3 Å². The molecule has 0 aliphatic carbocycles. The van der Waals surface area contributed by atoms with Crippen molar-refractivity contribution < 1.29 is 4.79 Å². The van der Waals surface area contributed by atoms with Gasteiger partial charge in [-0.2, -0.15) is 0 Å². The number of H-pyrrole nitrogens is 1. The minimum atomic E-state index is -0.00233. The molecule has 2 aromatic heterocycles. The Morgan fingerprint density at radius 2 is 1.88 bits per heavy atom. The van der Waals surface area contributed by atoms with Crippen LogP contribution in [0.5, 0.6) is 0 Å². The Morgan fingerprint density at radius 1 is 1.04 bits per heavy atom. The molecule has 0 spiro atoms. The van der Waals surface area contributed by atoms with Crippen LogP contribution < -0.4 is 5.32 Å². The van der Waals surface area contributed by atoms with Crippen molar-refractivity contribution in [2.75, 3.05) is 5.32 Å². The molecular weight excluding hydrogens is 312 g/mol. The number of aromatic amines is 1. The molecule has 2 aromatic carbocycles. The summed E-state index contributed by atoms with van der Waals surface area (Å²) in [5.74, 6) is 1.43. The zero-order chi connectivity index (χ0) is 17.2. The first-order chi connectivity index (χ1) is 12.2. The second-order valence-electron chi connectivity index (χ2n) is 5.77. The topological polar surface area (TPSA) is 70.7 Å². The number of carbonyl (C=O) groups excluding carboxylic acids is 1. The van der Waals surface area contributed by atoms with Crippen molar-refractivity contribution in [1.29, 1.82) is 0 Å². The number of ketones is 1. The van der Waals surface area contributed by atoms with E-state index in [1.54, 1.807) is 12.3 Å². The summed E-state index contributed by atoms with van der Waals surface area (Å²) >= 11 is 0. The monoisotopic (exact) mass is 328 g/mol. The summed E-state index contributed by atoms with van der Waals surface area (Å²) in [5.41, 5.74) is 3.06. The number of para-hydroxylation sites is 1. The highest BCUT2D eigenvalue weighted by Gasteiger charge is 2.13. The van der Waals surface area contributed by atoms with Crippen LogP contribution in [0.1, 0.15) is 21.7 Å². The van der Waals surface area contributed by atoms with Crippen molar-refractivity contribution in [3.8, 4) is 0 Å². The summed E-state index contributed by atoms with van der Waals surface area (Å²) in [7, 11) is 0. The normalized spacial score (nSPS) is 10.8.